The van der Waals surface area contributed by atoms with Gasteiger partial charge >= 0.3 is 0 Å². The van der Waals surface area contributed by atoms with Gasteiger partial charge in [0.2, 0.25) is 0 Å². The van der Waals surface area contributed by atoms with Crippen molar-refractivity contribution in [3.05, 3.63) is 40.0 Å². The highest BCUT2D eigenvalue weighted by Gasteiger charge is 2.12. The third-order valence-corrected chi connectivity index (χ3v) is 2.99. The molecule has 1 heterocycles. The van der Waals surface area contributed by atoms with E-state index >= 15 is 0 Å². The Morgan fingerprint density at radius 2 is 1.59 bits per heavy atom. The maximum atomic E-state index is 6.09. The van der Waals surface area contributed by atoms with Crippen LogP contribution in [-0.2, 0) is 0 Å². The van der Waals surface area contributed by atoms with Crippen molar-refractivity contribution >= 4 is 17.4 Å². The van der Waals surface area contributed by atoms with Crippen molar-refractivity contribution in [2.24, 2.45) is 0 Å². The number of anilines is 1. The smallest absolute Gasteiger partial charge is 0.159 e. The minimum absolute atomic E-state index is 0.378. The van der Waals surface area contributed by atoms with Crippen molar-refractivity contribution in [1.29, 1.82) is 0 Å². The molecule has 2 aromatic rings. The van der Waals surface area contributed by atoms with Crippen LogP contribution in [0.25, 0.3) is 11.1 Å². The molecule has 4 heteroatoms. The zero-order valence-corrected chi connectivity index (χ0v) is 10.8. The van der Waals surface area contributed by atoms with Crippen LogP contribution in [0.3, 0.4) is 0 Å². The zero-order valence-electron chi connectivity index (χ0n) is 10.1. The molecule has 0 radical (unpaired) electrons. The third-order valence-electron chi connectivity index (χ3n) is 2.71. The summed E-state index contributed by atoms with van der Waals surface area (Å²) in [6.07, 6.45) is 0. The molecule has 2 rings (SSSR count). The molecule has 0 aliphatic rings. The van der Waals surface area contributed by atoms with Crippen LogP contribution in [0, 0.1) is 20.8 Å². The molecule has 88 valence electrons. The number of aryl methyl sites for hydroxylation is 3. The highest BCUT2D eigenvalue weighted by molar-refractivity contribution is 6.32. The van der Waals surface area contributed by atoms with Gasteiger partial charge in [-0.25, -0.2) is 0 Å². The quantitative estimate of drug-likeness (QED) is 0.841. The van der Waals surface area contributed by atoms with Crippen LogP contribution in [0.5, 0.6) is 0 Å². The lowest BCUT2D eigenvalue weighted by atomic mass is 9.95. The molecular weight excluding hydrogens is 234 g/mol. The Morgan fingerprint density at radius 3 is 2.18 bits per heavy atom. The summed E-state index contributed by atoms with van der Waals surface area (Å²) in [5, 5.41) is 7.97. The molecule has 0 fully saturated rings. The van der Waals surface area contributed by atoms with Crippen molar-refractivity contribution in [3.63, 3.8) is 0 Å². The second-order valence-corrected chi connectivity index (χ2v) is 4.61. The minimum Gasteiger partial charge on any atom is -0.382 e. The third kappa shape index (κ3) is 2.24. The number of nitrogen functional groups attached to an aromatic ring is 1. The number of nitrogens with two attached hydrogens (primary N) is 1. The number of hydrogen-bond acceptors (Lipinski definition) is 3. The van der Waals surface area contributed by atoms with E-state index < -0.39 is 0 Å². The Bertz CT molecular complexity index is 556. The predicted octanol–water partition coefficient (Wildman–Crippen LogP) is 3.30. The molecule has 1 aromatic carbocycles. The van der Waals surface area contributed by atoms with E-state index in [9.17, 15) is 0 Å². The van der Waals surface area contributed by atoms with E-state index in [0.29, 0.717) is 11.0 Å². The van der Waals surface area contributed by atoms with Gasteiger partial charge in [-0.15, -0.1) is 10.2 Å². The van der Waals surface area contributed by atoms with Crippen LogP contribution in [0.1, 0.15) is 16.7 Å². The Balaban J connectivity index is 2.72. The Kier molecular flexibility index (Phi) is 3.03. The van der Waals surface area contributed by atoms with Gasteiger partial charge in [-0.2, -0.15) is 0 Å². The normalized spacial score (nSPS) is 10.6. The SMILES string of the molecule is Cc1cc(C)c(-c2cc(N)nnc2Cl)c(C)c1. The van der Waals surface area contributed by atoms with Crippen molar-refractivity contribution in [2.45, 2.75) is 20.8 Å². The first kappa shape index (κ1) is 11.9. The summed E-state index contributed by atoms with van der Waals surface area (Å²) in [6, 6.07) is 6.00. The first-order valence-electron chi connectivity index (χ1n) is 5.36. The van der Waals surface area contributed by atoms with Gasteiger partial charge in [0.1, 0.15) is 5.82 Å². The van der Waals surface area contributed by atoms with E-state index in [-0.39, 0.29) is 0 Å². The second kappa shape index (κ2) is 4.34. The highest BCUT2D eigenvalue weighted by Crippen LogP contribution is 2.32. The van der Waals surface area contributed by atoms with Crippen LogP contribution in [-0.4, -0.2) is 10.2 Å². The topological polar surface area (TPSA) is 51.8 Å². The highest BCUT2D eigenvalue weighted by atomic mass is 35.5. The predicted molar refractivity (Wildman–Crippen MR) is 71.1 cm³/mol. The lowest BCUT2D eigenvalue weighted by Gasteiger charge is -2.12. The van der Waals surface area contributed by atoms with Crippen LogP contribution in [0.4, 0.5) is 5.82 Å². The van der Waals surface area contributed by atoms with Crippen LogP contribution >= 0.6 is 11.6 Å². The van der Waals surface area contributed by atoms with E-state index in [1.54, 1.807) is 6.07 Å². The average Bonchev–Trinajstić information content (AvgIpc) is 2.21. The number of halogens is 1. The maximum absolute atomic E-state index is 6.09. The first-order valence-corrected chi connectivity index (χ1v) is 5.73. The van der Waals surface area contributed by atoms with Gasteiger partial charge in [0.25, 0.3) is 0 Å². The number of rotatable bonds is 1. The largest absolute Gasteiger partial charge is 0.382 e. The summed E-state index contributed by atoms with van der Waals surface area (Å²) in [6.45, 7) is 6.19. The van der Waals surface area contributed by atoms with Crippen LogP contribution < -0.4 is 5.73 Å². The lowest BCUT2D eigenvalue weighted by Crippen LogP contribution is -1.97. The Morgan fingerprint density at radius 1 is 1.00 bits per heavy atom. The summed E-state index contributed by atoms with van der Waals surface area (Å²) in [5.74, 6) is 0.378. The van der Waals surface area contributed by atoms with Crippen molar-refractivity contribution < 1.29 is 0 Å². The van der Waals surface area contributed by atoms with Gasteiger partial charge in [0.05, 0.1) is 0 Å². The van der Waals surface area contributed by atoms with E-state index in [0.717, 1.165) is 22.3 Å². The van der Waals surface area contributed by atoms with Gasteiger partial charge in [0.15, 0.2) is 5.15 Å². The van der Waals surface area contributed by atoms with E-state index in [1.165, 1.54) is 5.56 Å². The average molecular weight is 248 g/mol. The number of aromatic nitrogens is 2. The Labute approximate surface area is 106 Å². The summed E-state index contributed by atoms with van der Waals surface area (Å²) in [4.78, 5) is 0. The van der Waals surface area contributed by atoms with E-state index in [2.05, 4.69) is 43.1 Å². The molecule has 0 aliphatic heterocycles. The van der Waals surface area contributed by atoms with Gasteiger partial charge < -0.3 is 5.73 Å². The standard InChI is InChI=1S/C13H14ClN3/c1-7-4-8(2)12(9(3)5-7)10-6-11(15)16-17-13(10)14/h4-6H,1-3H3,(H2,15,16). The molecule has 0 amide bonds. The Hall–Kier alpha value is -1.61. The molecule has 2 N–H and O–H groups in total. The number of benzene rings is 1. The molecular formula is C13H14ClN3. The number of hydrogen-bond donors (Lipinski definition) is 1. The maximum Gasteiger partial charge on any atom is 0.159 e. The molecule has 0 saturated heterocycles. The van der Waals surface area contributed by atoms with Gasteiger partial charge in [-0.3, -0.25) is 0 Å². The molecule has 1 aromatic heterocycles. The molecule has 17 heavy (non-hydrogen) atoms. The van der Waals surface area contributed by atoms with Crippen molar-refractivity contribution in [2.75, 3.05) is 5.73 Å². The second-order valence-electron chi connectivity index (χ2n) is 4.25. The summed E-state index contributed by atoms with van der Waals surface area (Å²) in [7, 11) is 0. The van der Waals surface area contributed by atoms with Crippen molar-refractivity contribution in [1.82, 2.24) is 10.2 Å². The number of nitrogens with zero attached hydrogens (tertiary/aromatic N) is 2. The lowest BCUT2D eigenvalue weighted by molar-refractivity contribution is 1.04. The molecule has 0 saturated carbocycles. The summed E-state index contributed by atoms with van der Waals surface area (Å²) >= 11 is 6.09. The van der Waals surface area contributed by atoms with Gasteiger partial charge in [-0.05, 0) is 43.5 Å². The van der Waals surface area contributed by atoms with E-state index in [4.69, 9.17) is 17.3 Å². The minimum atomic E-state index is 0.378. The zero-order chi connectivity index (χ0) is 12.6. The van der Waals surface area contributed by atoms with Crippen LogP contribution in [0.2, 0.25) is 5.15 Å². The van der Waals surface area contributed by atoms with Gasteiger partial charge in [-0.1, -0.05) is 29.3 Å². The monoisotopic (exact) mass is 247 g/mol. The fourth-order valence-corrected chi connectivity index (χ4v) is 2.36. The summed E-state index contributed by atoms with van der Waals surface area (Å²) in [5.41, 5.74) is 11.1. The first-order chi connectivity index (χ1) is 7.99. The molecule has 0 atom stereocenters. The molecule has 0 spiro atoms. The molecule has 0 bridgehead atoms. The summed E-state index contributed by atoms with van der Waals surface area (Å²) < 4.78 is 0. The van der Waals surface area contributed by atoms with Gasteiger partial charge in [0, 0.05) is 5.56 Å². The van der Waals surface area contributed by atoms with E-state index in [1.807, 2.05) is 0 Å². The molecule has 0 unspecified atom stereocenters. The van der Waals surface area contributed by atoms with Crippen molar-refractivity contribution in [3.8, 4) is 11.1 Å². The molecule has 3 nitrogen and oxygen atoms in total. The van der Waals surface area contributed by atoms with Crippen LogP contribution in [0.15, 0.2) is 18.2 Å². The fourth-order valence-electron chi connectivity index (χ4n) is 2.17. The molecule has 0 aliphatic carbocycles. The fraction of sp³-hybridized carbons (Fsp3) is 0.231.